The molecule has 1 aromatic rings. The third-order valence-electron chi connectivity index (χ3n) is 2.87. The quantitative estimate of drug-likeness (QED) is 0.817. The average Bonchev–Trinajstić information content (AvgIpc) is 2.38. The molecule has 0 spiro atoms. The lowest BCUT2D eigenvalue weighted by Crippen LogP contribution is -2.23. The van der Waals surface area contributed by atoms with Crippen LogP contribution in [-0.2, 0) is 14.7 Å². The van der Waals surface area contributed by atoms with Crippen molar-refractivity contribution in [3.8, 4) is 0 Å². The van der Waals surface area contributed by atoms with E-state index in [2.05, 4.69) is 10.9 Å². The molecular formula is C15H22N2O3S. The monoisotopic (exact) mass is 310 g/mol. The van der Waals surface area contributed by atoms with Gasteiger partial charge in [-0.1, -0.05) is 43.3 Å². The summed E-state index contributed by atoms with van der Waals surface area (Å²) in [4.78, 5) is 11.7. The van der Waals surface area contributed by atoms with Crippen molar-refractivity contribution in [3.05, 3.63) is 48.6 Å². The Hall–Kier alpha value is -1.66. The third-order valence-corrected chi connectivity index (χ3v) is 4.37. The van der Waals surface area contributed by atoms with Crippen molar-refractivity contribution in [1.82, 2.24) is 0 Å². The highest BCUT2D eigenvalue weighted by molar-refractivity contribution is 7.91. The molecule has 1 unspecified atom stereocenters. The second-order valence-corrected chi connectivity index (χ2v) is 6.91. The maximum atomic E-state index is 12.1. The zero-order chi connectivity index (χ0) is 15.9. The Morgan fingerprint density at radius 3 is 2.62 bits per heavy atom. The number of amides is 1. The molecule has 6 heteroatoms. The van der Waals surface area contributed by atoms with Crippen LogP contribution in [0.25, 0.3) is 0 Å². The fraction of sp³-hybridized carbons (Fsp3) is 0.400. The summed E-state index contributed by atoms with van der Waals surface area (Å²) < 4.78 is 20.7. The Balaban J connectivity index is 2.68. The van der Waals surface area contributed by atoms with Gasteiger partial charge in [-0.15, -0.1) is 10.9 Å². The third kappa shape index (κ3) is 6.55. The second kappa shape index (κ2) is 7.95. The van der Waals surface area contributed by atoms with Gasteiger partial charge in [0.15, 0.2) is 0 Å². The number of ether oxygens (including phenoxy) is 1. The first-order valence-corrected chi connectivity index (χ1v) is 8.48. The summed E-state index contributed by atoms with van der Waals surface area (Å²) in [5.74, 6) is 0.177. The van der Waals surface area contributed by atoms with Gasteiger partial charge in [-0.05, 0) is 24.8 Å². The van der Waals surface area contributed by atoms with Crippen LogP contribution in [0.3, 0.4) is 0 Å². The van der Waals surface area contributed by atoms with Gasteiger partial charge < -0.3 is 4.74 Å². The molecular weight excluding hydrogens is 288 g/mol. The van der Waals surface area contributed by atoms with E-state index >= 15 is 0 Å². The van der Waals surface area contributed by atoms with Gasteiger partial charge in [-0.3, -0.25) is 0 Å². The zero-order valence-electron chi connectivity index (χ0n) is 12.4. The number of hydrogen-bond acceptors (Lipinski definition) is 3. The first kappa shape index (κ1) is 17.4. The minimum Gasteiger partial charge on any atom is -0.440 e. The van der Waals surface area contributed by atoms with Crippen molar-refractivity contribution in [2.24, 2.45) is 15.4 Å². The van der Waals surface area contributed by atoms with Gasteiger partial charge in [0, 0.05) is 5.75 Å². The first-order chi connectivity index (χ1) is 9.84. The molecule has 0 aromatic heterocycles. The van der Waals surface area contributed by atoms with Crippen LogP contribution in [0.4, 0.5) is 4.79 Å². The predicted molar refractivity (Wildman–Crippen MR) is 84.9 cm³/mol. The van der Waals surface area contributed by atoms with E-state index in [1.165, 1.54) is 0 Å². The molecule has 0 heterocycles. The van der Waals surface area contributed by atoms with Gasteiger partial charge in [0.1, 0.15) is 16.0 Å². The van der Waals surface area contributed by atoms with Crippen LogP contribution in [0.15, 0.2) is 47.3 Å². The highest BCUT2D eigenvalue weighted by Gasteiger charge is 2.15. The number of nitrogens with zero attached hydrogens (tertiary/aromatic N) is 1. The lowest BCUT2D eigenvalue weighted by molar-refractivity contribution is 0.117. The number of nitrogens with two attached hydrogens (primary N) is 1. The summed E-state index contributed by atoms with van der Waals surface area (Å²) in [6.07, 6.45) is 1.02. The van der Waals surface area contributed by atoms with E-state index in [1.54, 1.807) is 13.0 Å². The van der Waals surface area contributed by atoms with Crippen LogP contribution < -0.4 is 5.14 Å². The summed E-state index contributed by atoms with van der Waals surface area (Å²) in [6, 6.07) is 9.24. The molecule has 116 valence electrons. The van der Waals surface area contributed by atoms with Gasteiger partial charge in [0.05, 0.1) is 0 Å². The molecule has 0 aliphatic rings. The Labute approximate surface area is 126 Å². The van der Waals surface area contributed by atoms with E-state index in [1.807, 2.05) is 37.3 Å². The topological polar surface area (TPSA) is 81.8 Å². The fourth-order valence-corrected chi connectivity index (χ4v) is 3.21. The van der Waals surface area contributed by atoms with Crippen molar-refractivity contribution < 1.29 is 13.7 Å². The van der Waals surface area contributed by atoms with Crippen molar-refractivity contribution in [1.29, 1.82) is 0 Å². The number of benzene rings is 1. The normalized spacial score (nSPS) is 16.3. The molecule has 21 heavy (non-hydrogen) atoms. The molecule has 0 aliphatic carbocycles. The summed E-state index contributed by atoms with van der Waals surface area (Å²) >= 11 is 0. The van der Waals surface area contributed by atoms with Gasteiger partial charge in [0.2, 0.25) is 0 Å². The summed E-state index contributed by atoms with van der Waals surface area (Å²) in [5, 5.41) is 5.59. The molecule has 0 bridgehead atoms. The molecule has 1 aromatic carbocycles. The molecule has 1 rings (SSSR count). The minimum atomic E-state index is -3.08. The van der Waals surface area contributed by atoms with Crippen LogP contribution in [0, 0.1) is 5.92 Å². The first-order valence-electron chi connectivity index (χ1n) is 6.73. The van der Waals surface area contributed by atoms with Crippen molar-refractivity contribution in [2.45, 2.75) is 26.4 Å². The largest absolute Gasteiger partial charge is 0.443 e. The van der Waals surface area contributed by atoms with Gasteiger partial charge >= 0.3 is 6.09 Å². The molecule has 0 saturated carbocycles. The molecule has 2 N–H and O–H groups in total. The smallest absolute Gasteiger partial charge is 0.440 e. The molecule has 1 amide bonds. The Bertz CT molecular complexity index is 592. The fourth-order valence-electron chi connectivity index (χ4n) is 1.89. The average molecular weight is 310 g/mol. The van der Waals surface area contributed by atoms with Crippen LogP contribution in [0.5, 0.6) is 0 Å². The van der Waals surface area contributed by atoms with E-state index in [-0.39, 0.29) is 11.7 Å². The van der Waals surface area contributed by atoms with E-state index in [4.69, 9.17) is 9.88 Å². The maximum Gasteiger partial charge on any atom is 0.443 e. The number of allylic oxidation sites excluding steroid dienone is 1. The second-order valence-electron chi connectivity index (χ2n) is 5.01. The van der Waals surface area contributed by atoms with E-state index in [0.29, 0.717) is 6.42 Å². The Kier molecular flexibility index (Phi) is 6.58. The van der Waals surface area contributed by atoms with E-state index in [9.17, 15) is 9.00 Å². The Morgan fingerprint density at radius 2 is 2.05 bits per heavy atom. The zero-order valence-corrected chi connectivity index (χ0v) is 13.2. The van der Waals surface area contributed by atoms with Gasteiger partial charge in [0.25, 0.3) is 0 Å². The number of carbonyl (C=O) groups is 1. The van der Waals surface area contributed by atoms with Crippen molar-refractivity contribution >= 4 is 16.0 Å². The highest BCUT2D eigenvalue weighted by Crippen LogP contribution is 2.17. The van der Waals surface area contributed by atoms with E-state index < -0.39 is 22.1 Å². The molecule has 0 radical (unpaired) electrons. The number of hydrogen-bond donors (Lipinski definition) is 1. The summed E-state index contributed by atoms with van der Waals surface area (Å²) in [7, 11) is -3.08. The highest BCUT2D eigenvalue weighted by atomic mass is 32.2. The van der Waals surface area contributed by atoms with Crippen molar-refractivity contribution in [3.63, 3.8) is 0 Å². The van der Waals surface area contributed by atoms with Crippen LogP contribution in [-0.4, -0.2) is 16.1 Å². The Morgan fingerprint density at radius 1 is 1.43 bits per heavy atom. The van der Waals surface area contributed by atoms with Crippen LogP contribution in [0.2, 0.25) is 0 Å². The van der Waals surface area contributed by atoms with E-state index in [0.717, 1.165) is 5.56 Å². The SMILES string of the molecule is C=CC[C@H](C)CS(N)(=O)=NC(=O)O[C@@H](C)c1ccccc1. The predicted octanol–water partition coefficient (Wildman–Crippen LogP) is 3.44. The lowest BCUT2D eigenvalue weighted by atomic mass is 10.1. The standard InChI is InChI=1S/C15H22N2O3S/c1-4-8-12(2)11-21(16,19)17-15(18)20-13(3)14-9-6-5-7-10-14/h4-7,9-10,12-13H,1,8,11H2,2-3H3,(H2,16,17,18,19)/t12-,13-,21?/m0/s1. The van der Waals surface area contributed by atoms with Crippen LogP contribution >= 0.6 is 0 Å². The molecule has 0 fully saturated rings. The maximum absolute atomic E-state index is 12.1. The van der Waals surface area contributed by atoms with Crippen LogP contribution in [0.1, 0.15) is 31.9 Å². The minimum absolute atomic E-state index is 0.0445. The number of rotatable bonds is 6. The molecule has 0 saturated heterocycles. The van der Waals surface area contributed by atoms with Gasteiger partial charge in [-0.25, -0.2) is 14.1 Å². The molecule has 0 aliphatic heterocycles. The van der Waals surface area contributed by atoms with Gasteiger partial charge in [-0.2, -0.15) is 0 Å². The summed E-state index contributed by atoms with van der Waals surface area (Å²) in [6.45, 7) is 7.21. The molecule has 5 nitrogen and oxygen atoms in total. The number of carbonyl (C=O) groups excluding carboxylic acids is 1. The van der Waals surface area contributed by atoms with Crippen molar-refractivity contribution in [2.75, 3.05) is 5.75 Å². The summed E-state index contributed by atoms with van der Waals surface area (Å²) in [5.41, 5.74) is 0.838. The lowest BCUT2D eigenvalue weighted by Gasteiger charge is -2.13. The molecule has 3 atom stereocenters.